The summed E-state index contributed by atoms with van der Waals surface area (Å²) in [5, 5.41) is 10.8. The van der Waals surface area contributed by atoms with Crippen molar-refractivity contribution in [2.24, 2.45) is 5.41 Å². The maximum absolute atomic E-state index is 11.9. The first-order valence-electron chi connectivity index (χ1n) is 12.1. The summed E-state index contributed by atoms with van der Waals surface area (Å²) in [6.45, 7) is 17.8. The lowest BCUT2D eigenvalue weighted by atomic mass is 9.70. The van der Waals surface area contributed by atoms with Gasteiger partial charge in [0.2, 0.25) is 0 Å². The van der Waals surface area contributed by atoms with E-state index < -0.39 is 15.7 Å². The molecule has 0 aromatic heterocycles. The van der Waals surface area contributed by atoms with E-state index in [9.17, 15) is 13.5 Å². The summed E-state index contributed by atoms with van der Waals surface area (Å²) < 4.78 is 35.2. The molecule has 0 fully saturated rings. The van der Waals surface area contributed by atoms with Crippen LogP contribution in [0.25, 0.3) is 0 Å². The third-order valence-corrected chi connectivity index (χ3v) is 8.50. The van der Waals surface area contributed by atoms with Crippen molar-refractivity contribution < 1.29 is 22.4 Å². The van der Waals surface area contributed by atoms with Gasteiger partial charge in [-0.3, -0.25) is 0 Å². The van der Waals surface area contributed by atoms with Crippen LogP contribution in [0.15, 0.2) is 36.4 Å². The molecule has 190 valence electrons. The first-order valence-corrected chi connectivity index (χ1v) is 13.7. The third kappa shape index (κ3) is 5.95. The molecule has 2 aromatic rings. The summed E-state index contributed by atoms with van der Waals surface area (Å²) in [6, 6.07) is 12.0. The summed E-state index contributed by atoms with van der Waals surface area (Å²) in [5.41, 5.74) is 2.62. The highest BCUT2D eigenvalue weighted by Gasteiger charge is 2.36. The van der Waals surface area contributed by atoms with Crippen LogP contribution >= 0.6 is 0 Å². The van der Waals surface area contributed by atoms with Gasteiger partial charge < -0.3 is 14.0 Å². The van der Waals surface area contributed by atoms with Crippen molar-refractivity contribution in [3.63, 3.8) is 0 Å². The minimum atomic E-state index is -3.57. The molecule has 0 aliphatic heterocycles. The van der Waals surface area contributed by atoms with Crippen LogP contribution in [0.3, 0.4) is 0 Å². The minimum absolute atomic E-state index is 0.0685. The lowest BCUT2D eigenvalue weighted by molar-refractivity contribution is -0.0725. The van der Waals surface area contributed by atoms with Crippen LogP contribution in [0, 0.1) is 19.3 Å². The number of aliphatic hydroxyl groups is 1. The molecule has 1 unspecified atom stereocenters. The second-order valence-electron chi connectivity index (χ2n) is 10.5. The number of hydrogen-bond donors (Lipinski definition) is 1. The maximum Gasteiger partial charge on any atom is 0.308 e. The first kappa shape index (κ1) is 28.2. The second-order valence-corrected chi connectivity index (χ2v) is 12.4. The van der Waals surface area contributed by atoms with E-state index in [-0.39, 0.29) is 23.2 Å². The fourth-order valence-electron chi connectivity index (χ4n) is 4.01. The molecule has 0 aliphatic rings. The predicted octanol–water partition coefficient (Wildman–Crippen LogP) is 6.31. The van der Waals surface area contributed by atoms with Crippen molar-refractivity contribution in [2.75, 3.05) is 12.4 Å². The van der Waals surface area contributed by atoms with Crippen LogP contribution in [0.2, 0.25) is 0 Å². The van der Waals surface area contributed by atoms with Crippen molar-refractivity contribution in [1.82, 2.24) is 0 Å². The molecular formula is C28H42O5S. The number of hydrogen-bond acceptors (Lipinski definition) is 5. The predicted molar refractivity (Wildman–Crippen MR) is 139 cm³/mol. The Morgan fingerprint density at radius 3 is 1.68 bits per heavy atom. The van der Waals surface area contributed by atoms with Gasteiger partial charge in [-0.15, -0.1) is 0 Å². The largest absolute Gasteiger partial charge is 0.490 e. The fourth-order valence-corrected chi connectivity index (χ4v) is 4.59. The van der Waals surface area contributed by atoms with E-state index in [0.717, 1.165) is 35.3 Å². The number of rotatable bonds is 10. The van der Waals surface area contributed by atoms with Gasteiger partial charge in [0.25, 0.3) is 0 Å². The second kappa shape index (κ2) is 10.3. The van der Waals surface area contributed by atoms with Crippen LogP contribution in [0.1, 0.15) is 83.6 Å². The lowest BCUT2D eigenvalue weighted by Crippen LogP contribution is -2.45. The summed E-state index contributed by atoms with van der Waals surface area (Å²) >= 11 is 0. The van der Waals surface area contributed by atoms with E-state index in [1.54, 1.807) is 19.9 Å². The molecule has 0 aliphatic carbocycles. The van der Waals surface area contributed by atoms with Gasteiger partial charge in [0, 0.05) is 5.41 Å². The average molecular weight is 491 g/mol. The van der Waals surface area contributed by atoms with Crippen LogP contribution in [0.5, 0.6) is 11.5 Å². The molecule has 2 rings (SSSR count). The van der Waals surface area contributed by atoms with Gasteiger partial charge >= 0.3 is 10.1 Å². The lowest BCUT2D eigenvalue weighted by Gasteiger charge is -2.37. The smallest absolute Gasteiger partial charge is 0.308 e. The SMILES string of the molecule is CCC(CC)(c1ccc(OCC(C)(O)C(C)(C)C)c(C)c1)c1ccc(OS(=O)(=O)CC)c(C)c1. The standard InChI is InChI=1S/C28H42O5S/c1-10-28(11-2,23-14-16-25(21(5)18-23)33-34(30,31)12-3)22-13-15-24(20(4)17-22)32-19-27(9,29)26(6,7)8/h13-18,29H,10-12,19H2,1-9H3. The first-order chi connectivity index (χ1) is 15.6. The molecule has 1 atom stereocenters. The Morgan fingerprint density at radius 2 is 1.29 bits per heavy atom. The molecule has 2 aromatic carbocycles. The van der Waals surface area contributed by atoms with Gasteiger partial charge in [0.1, 0.15) is 23.7 Å². The van der Waals surface area contributed by atoms with E-state index in [4.69, 9.17) is 8.92 Å². The summed E-state index contributed by atoms with van der Waals surface area (Å²) in [4.78, 5) is 0. The normalized spacial score (nSPS) is 14.5. The molecule has 0 saturated heterocycles. The van der Waals surface area contributed by atoms with E-state index in [1.165, 1.54) is 5.56 Å². The van der Waals surface area contributed by atoms with Crippen LogP contribution < -0.4 is 8.92 Å². The Labute approximate surface area is 206 Å². The van der Waals surface area contributed by atoms with Gasteiger partial charge in [-0.2, -0.15) is 8.42 Å². The van der Waals surface area contributed by atoms with Gasteiger partial charge in [0.05, 0.1) is 5.75 Å². The van der Waals surface area contributed by atoms with E-state index in [0.29, 0.717) is 5.75 Å². The van der Waals surface area contributed by atoms with Crippen molar-refractivity contribution in [3.05, 3.63) is 58.7 Å². The maximum atomic E-state index is 11.9. The Balaban J connectivity index is 2.41. The molecule has 0 amide bonds. The minimum Gasteiger partial charge on any atom is -0.490 e. The zero-order valence-corrected chi connectivity index (χ0v) is 23.1. The van der Waals surface area contributed by atoms with Crippen molar-refractivity contribution in [2.45, 2.75) is 86.2 Å². The van der Waals surface area contributed by atoms with Crippen LogP contribution in [-0.2, 0) is 15.5 Å². The summed E-state index contributed by atoms with van der Waals surface area (Å²) in [5.74, 6) is 1.07. The summed E-state index contributed by atoms with van der Waals surface area (Å²) in [6.07, 6.45) is 1.77. The van der Waals surface area contributed by atoms with E-state index in [2.05, 4.69) is 26.0 Å². The zero-order chi connectivity index (χ0) is 25.9. The van der Waals surface area contributed by atoms with Crippen molar-refractivity contribution in [3.8, 4) is 11.5 Å². The van der Waals surface area contributed by atoms with Gasteiger partial charge in [0.15, 0.2) is 0 Å². The van der Waals surface area contributed by atoms with Gasteiger partial charge in [-0.25, -0.2) is 0 Å². The molecule has 0 heterocycles. The molecular weight excluding hydrogens is 448 g/mol. The molecule has 6 heteroatoms. The van der Waals surface area contributed by atoms with Crippen LogP contribution in [0.4, 0.5) is 0 Å². The van der Waals surface area contributed by atoms with E-state index in [1.807, 2.05) is 52.8 Å². The molecule has 1 N–H and O–H groups in total. The molecule has 5 nitrogen and oxygen atoms in total. The Kier molecular flexibility index (Phi) is 8.53. The Bertz CT molecular complexity index is 1090. The van der Waals surface area contributed by atoms with Gasteiger partial charge in [-0.1, -0.05) is 58.9 Å². The van der Waals surface area contributed by atoms with Crippen molar-refractivity contribution >= 4 is 10.1 Å². The fraction of sp³-hybridized carbons (Fsp3) is 0.571. The third-order valence-electron chi connectivity index (χ3n) is 7.36. The average Bonchev–Trinajstić information content (AvgIpc) is 2.75. The Morgan fingerprint density at radius 1 is 0.824 bits per heavy atom. The monoisotopic (exact) mass is 490 g/mol. The van der Waals surface area contributed by atoms with Crippen LogP contribution in [-0.4, -0.2) is 31.5 Å². The molecule has 0 spiro atoms. The number of aryl methyl sites for hydroxylation is 2. The van der Waals surface area contributed by atoms with Gasteiger partial charge in [-0.05, 0) is 80.3 Å². The van der Waals surface area contributed by atoms with Crippen molar-refractivity contribution in [1.29, 1.82) is 0 Å². The molecule has 34 heavy (non-hydrogen) atoms. The highest BCUT2D eigenvalue weighted by atomic mass is 32.2. The highest BCUT2D eigenvalue weighted by Crippen LogP contribution is 2.42. The zero-order valence-electron chi connectivity index (χ0n) is 22.3. The topological polar surface area (TPSA) is 72.8 Å². The highest BCUT2D eigenvalue weighted by molar-refractivity contribution is 7.87. The molecule has 0 bridgehead atoms. The molecule has 0 radical (unpaired) electrons. The Hall–Kier alpha value is -2.05. The number of benzene rings is 2. The number of ether oxygens (including phenoxy) is 1. The molecule has 0 saturated carbocycles. The summed E-state index contributed by atoms with van der Waals surface area (Å²) in [7, 11) is -3.57. The quantitative estimate of drug-likeness (QED) is 0.395. The van der Waals surface area contributed by atoms with E-state index >= 15 is 0 Å².